The number of aromatic nitrogens is 1. The number of nitriles is 1. The topological polar surface area (TPSA) is 117 Å². The van der Waals surface area contributed by atoms with E-state index in [0.29, 0.717) is 22.7 Å². The maximum Gasteiger partial charge on any atom is 0.354 e. The van der Waals surface area contributed by atoms with E-state index in [1.807, 2.05) is 43.3 Å². The summed E-state index contributed by atoms with van der Waals surface area (Å²) in [6.07, 6.45) is 1.67. The molecule has 0 spiro atoms. The Morgan fingerprint density at radius 2 is 1.97 bits per heavy atom. The first kappa shape index (κ1) is 23.4. The van der Waals surface area contributed by atoms with Gasteiger partial charge in [-0.2, -0.15) is 10.4 Å². The van der Waals surface area contributed by atoms with Crippen LogP contribution in [-0.2, 0) is 14.3 Å². The zero-order valence-corrected chi connectivity index (χ0v) is 19.3. The molecule has 9 heteroatoms. The fraction of sp³-hybridized carbons (Fsp3) is 0.192. The second-order valence-corrected chi connectivity index (χ2v) is 7.70. The van der Waals surface area contributed by atoms with Crippen LogP contribution in [0.3, 0.4) is 0 Å². The van der Waals surface area contributed by atoms with Crippen LogP contribution in [-0.4, -0.2) is 35.2 Å². The van der Waals surface area contributed by atoms with E-state index in [-0.39, 0.29) is 30.5 Å². The molecule has 1 aliphatic rings. The smallest absolute Gasteiger partial charge is 0.354 e. The Hall–Kier alpha value is -4.71. The van der Waals surface area contributed by atoms with Crippen molar-refractivity contribution in [1.29, 1.82) is 5.26 Å². The van der Waals surface area contributed by atoms with Gasteiger partial charge in [0.15, 0.2) is 0 Å². The highest BCUT2D eigenvalue weighted by Gasteiger charge is 2.37. The van der Waals surface area contributed by atoms with Gasteiger partial charge >= 0.3 is 5.97 Å². The van der Waals surface area contributed by atoms with Crippen molar-refractivity contribution >= 4 is 29.0 Å². The number of pyridine rings is 1. The summed E-state index contributed by atoms with van der Waals surface area (Å²) in [6, 6.07) is 18.9. The molecule has 0 radical (unpaired) electrons. The lowest BCUT2D eigenvalue weighted by Crippen LogP contribution is -2.39. The number of rotatable bonds is 7. The third-order valence-corrected chi connectivity index (χ3v) is 5.31. The minimum atomic E-state index is -0.723. The van der Waals surface area contributed by atoms with Crippen molar-refractivity contribution in [1.82, 2.24) is 4.98 Å². The molecule has 2 heterocycles. The van der Waals surface area contributed by atoms with E-state index in [4.69, 9.17) is 9.47 Å². The summed E-state index contributed by atoms with van der Waals surface area (Å²) in [4.78, 5) is 29.7. The highest BCUT2D eigenvalue weighted by atomic mass is 16.5. The summed E-state index contributed by atoms with van der Waals surface area (Å²) >= 11 is 0. The maximum absolute atomic E-state index is 13.3. The number of nitrogens with zero attached hydrogens (tertiary/aromatic N) is 4. The van der Waals surface area contributed by atoms with E-state index in [2.05, 4.69) is 15.4 Å². The van der Waals surface area contributed by atoms with Gasteiger partial charge in [0, 0.05) is 18.3 Å². The van der Waals surface area contributed by atoms with Gasteiger partial charge in [0.05, 0.1) is 12.3 Å². The van der Waals surface area contributed by atoms with E-state index in [9.17, 15) is 14.9 Å². The number of carbonyl (C=O) groups excluding carboxylic acids is 2. The molecule has 1 aromatic heterocycles. The summed E-state index contributed by atoms with van der Waals surface area (Å²) in [7, 11) is 0. The minimum absolute atomic E-state index is 0.121. The molecule has 1 unspecified atom stereocenters. The molecule has 0 saturated heterocycles. The first-order chi connectivity index (χ1) is 17.0. The lowest BCUT2D eigenvalue weighted by Gasteiger charge is -2.23. The monoisotopic (exact) mass is 469 g/mol. The SMILES string of the molecule is CCOC(=O)C1=NN(c2ccccc2)C(C(=O)Nc2ccc(Oc3ncccc3C#N)cc2C)C1. The Bertz CT molecular complexity index is 1320. The molecule has 1 N–H and O–H groups in total. The molecular formula is C26H23N5O4. The van der Waals surface area contributed by atoms with Crippen molar-refractivity contribution in [2.45, 2.75) is 26.3 Å². The lowest BCUT2D eigenvalue weighted by atomic mass is 10.1. The molecule has 9 nitrogen and oxygen atoms in total. The van der Waals surface area contributed by atoms with E-state index in [0.717, 1.165) is 5.56 Å². The summed E-state index contributed by atoms with van der Waals surface area (Å²) in [6.45, 7) is 3.77. The van der Waals surface area contributed by atoms with E-state index >= 15 is 0 Å². The van der Waals surface area contributed by atoms with E-state index < -0.39 is 12.0 Å². The zero-order valence-electron chi connectivity index (χ0n) is 19.3. The van der Waals surface area contributed by atoms with Gasteiger partial charge in [-0.15, -0.1) is 0 Å². The third-order valence-electron chi connectivity index (χ3n) is 5.31. The number of anilines is 2. The summed E-state index contributed by atoms with van der Waals surface area (Å²) < 4.78 is 10.8. The molecule has 4 rings (SSSR count). The Labute approximate surface area is 202 Å². The largest absolute Gasteiger partial charge is 0.461 e. The number of aryl methyl sites for hydroxylation is 1. The number of nitrogens with one attached hydrogen (secondary N) is 1. The fourth-order valence-corrected chi connectivity index (χ4v) is 3.60. The van der Waals surface area contributed by atoms with Crippen molar-refractivity contribution in [3.05, 3.63) is 78.0 Å². The first-order valence-corrected chi connectivity index (χ1v) is 11.0. The van der Waals surface area contributed by atoms with Crippen LogP contribution in [0.4, 0.5) is 11.4 Å². The molecular weight excluding hydrogens is 446 g/mol. The average molecular weight is 470 g/mol. The van der Waals surface area contributed by atoms with Crippen LogP contribution in [0.1, 0.15) is 24.5 Å². The highest BCUT2D eigenvalue weighted by Crippen LogP contribution is 2.29. The van der Waals surface area contributed by atoms with Gasteiger partial charge in [-0.1, -0.05) is 18.2 Å². The second-order valence-electron chi connectivity index (χ2n) is 7.70. The predicted octanol–water partition coefficient (Wildman–Crippen LogP) is 4.19. The van der Waals surface area contributed by atoms with Gasteiger partial charge in [-0.05, 0) is 61.9 Å². The molecule has 1 aliphatic heterocycles. The van der Waals surface area contributed by atoms with Crippen molar-refractivity contribution in [2.75, 3.05) is 16.9 Å². The number of amides is 1. The molecule has 176 valence electrons. The van der Waals surface area contributed by atoms with Crippen molar-refractivity contribution in [3.8, 4) is 17.7 Å². The number of ether oxygens (including phenoxy) is 2. The molecule has 0 bridgehead atoms. The fourth-order valence-electron chi connectivity index (χ4n) is 3.60. The second kappa shape index (κ2) is 10.5. The number of para-hydroxylation sites is 1. The summed E-state index contributed by atoms with van der Waals surface area (Å²) in [5, 5.41) is 18.1. The Morgan fingerprint density at radius 3 is 2.69 bits per heavy atom. The van der Waals surface area contributed by atoms with Crippen LogP contribution in [0.25, 0.3) is 0 Å². The van der Waals surface area contributed by atoms with Crippen molar-refractivity contribution < 1.29 is 19.1 Å². The molecule has 0 saturated carbocycles. The first-order valence-electron chi connectivity index (χ1n) is 11.0. The van der Waals surface area contributed by atoms with Gasteiger partial charge in [0.25, 0.3) is 0 Å². The number of hydrazone groups is 1. The van der Waals surface area contributed by atoms with Crippen molar-refractivity contribution in [2.24, 2.45) is 5.10 Å². The Morgan fingerprint density at radius 1 is 1.17 bits per heavy atom. The lowest BCUT2D eigenvalue weighted by molar-refractivity contribution is -0.135. The van der Waals surface area contributed by atoms with Gasteiger partial charge in [0.2, 0.25) is 11.8 Å². The normalized spacial score (nSPS) is 14.6. The standard InChI is InChI=1S/C26H23N5O4/c1-3-34-26(33)22-15-23(31(30-22)19-9-5-4-6-10-19)24(32)29-21-12-11-20(14-17(21)2)35-25-18(16-27)8-7-13-28-25/h4-14,23H,3,15H2,1-2H3,(H,29,32). The summed E-state index contributed by atoms with van der Waals surface area (Å²) in [5.41, 5.74) is 2.54. The third kappa shape index (κ3) is 5.28. The van der Waals surface area contributed by atoms with Crippen LogP contribution < -0.4 is 15.1 Å². The number of hydrogen-bond acceptors (Lipinski definition) is 8. The van der Waals surface area contributed by atoms with Crippen LogP contribution in [0.15, 0.2) is 72.0 Å². The maximum atomic E-state index is 13.3. The van der Waals surface area contributed by atoms with Gasteiger partial charge in [-0.25, -0.2) is 9.78 Å². The van der Waals surface area contributed by atoms with Crippen molar-refractivity contribution in [3.63, 3.8) is 0 Å². The molecule has 0 fully saturated rings. The molecule has 35 heavy (non-hydrogen) atoms. The van der Waals surface area contributed by atoms with Crippen LogP contribution >= 0.6 is 0 Å². The molecule has 1 amide bonds. The molecule has 2 aromatic carbocycles. The predicted molar refractivity (Wildman–Crippen MR) is 130 cm³/mol. The Balaban J connectivity index is 1.52. The van der Waals surface area contributed by atoms with Crippen LogP contribution in [0.2, 0.25) is 0 Å². The number of hydrogen-bond donors (Lipinski definition) is 1. The zero-order chi connectivity index (χ0) is 24.8. The number of benzene rings is 2. The van der Waals surface area contributed by atoms with E-state index in [1.165, 1.54) is 0 Å². The Kier molecular flexibility index (Phi) is 7.02. The average Bonchev–Trinajstić information content (AvgIpc) is 3.33. The molecule has 1 atom stereocenters. The minimum Gasteiger partial charge on any atom is -0.461 e. The highest BCUT2D eigenvalue weighted by molar-refractivity contribution is 6.38. The number of esters is 1. The van der Waals surface area contributed by atoms with Crippen LogP contribution in [0, 0.1) is 18.3 Å². The van der Waals surface area contributed by atoms with Crippen LogP contribution in [0.5, 0.6) is 11.6 Å². The van der Waals surface area contributed by atoms with Gasteiger partial charge in [0.1, 0.15) is 29.1 Å². The number of carbonyl (C=O) groups is 2. The summed E-state index contributed by atoms with van der Waals surface area (Å²) in [5.74, 6) is -0.160. The quantitative estimate of drug-likeness (QED) is 0.516. The van der Waals surface area contributed by atoms with Gasteiger partial charge in [-0.3, -0.25) is 9.80 Å². The molecule has 3 aromatic rings. The molecule has 0 aliphatic carbocycles. The van der Waals surface area contributed by atoms with E-state index in [1.54, 1.807) is 48.5 Å². The van der Waals surface area contributed by atoms with Gasteiger partial charge < -0.3 is 14.8 Å².